The zero-order valence-electron chi connectivity index (χ0n) is 11.7. The van der Waals surface area contributed by atoms with E-state index in [0.717, 1.165) is 0 Å². The number of hydrogen-bond donors (Lipinski definition) is 0. The molecule has 0 spiro atoms. The molecule has 0 heterocycles. The number of rotatable bonds is 6. The van der Waals surface area contributed by atoms with E-state index >= 15 is 0 Å². The Balaban J connectivity index is 2.16. The summed E-state index contributed by atoms with van der Waals surface area (Å²) >= 11 is 0. The number of nitrogens with zero attached hydrogens (tertiary/aromatic N) is 1. The Morgan fingerprint density at radius 1 is 1.18 bits per heavy atom. The van der Waals surface area contributed by atoms with Crippen molar-refractivity contribution in [2.24, 2.45) is 0 Å². The van der Waals surface area contributed by atoms with Gasteiger partial charge in [-0.2, -0.15) is 0 Å². The number of carbonyl (C=O) groups excluding carboxylic acids is 1. The van der Waals surface area contributed by atoms with Crippen LogP contribution in [0.3, 0.4) is 0 Å². The number of benzene rings is 2. The molecule has 22 heavy (non-hydrogen) atoms. The van der Waals surface area contributed by atoms with Crippen molar-refractivity contribution in [2.45, 2.75) is 6.61 Å². The molecule has 0 aliphatic carbocycles. The molecule has 0 saturated heterocycles. The van der Waals surface area contributed by atoms with Gasteiger partial charge in [-0.05, 0) is 29.8 Å². The van der Waals surface area contributed by atoms with Crippen LogP contribution in [0.15, 0.2) is 48.5 Å². The molecule has 0 unspecified atom stereocenters. The summed E-state index contributed by atoms with van der Waals surface area (Å²) in [5.41, 5.74) is 0.723. The molecular weight excluding hydrogens is 290 g/mol. The summed E-state index contributed by atoms with van der Waals surface area (Å²) in [6.07, 6.45) is 0. The lowest BCUT2D eigenvalue weighted by Gasteiger charge is -2.10. The maximum Gasteiger partial charge on any atom is 0.347 e. The quantitative estimate of drug-likeness (QED) is 0.353. The molecule has 2 aromatic carbocycles. The van der Waals surface area contributed by atoms with Gasteiger partial charge in [0.15, 0.2) is 0 Å². The van der Waals surface area contributed by atoms with Gasteiger partial charge in [-0.15, -0.1) is 10.1 Å². The molecule has 0 amide bonds. The third-order valence-electron chi connectivity index (χ3n) is 2.78. The van der Waals surface area contributed by atoms with E-state index in [4.69, 9.17) is 9.47 Å². The van der Waals surface area contributed by atoms with E-state index in [1.54, 1.807) is 24.3 Å². The van der Waals surface area contributed by atoms with Gasteiger partial charge in [0.1, 0.15) is 23.7 Å². The lowest BCUT2D eigenvalue weighted by molar-refractivity contribution is -0.763. The molecule has 0 saturated carbocycles. The van der Waals surface area contributed by atoms with E-state index in [0.29, 0.717) is 11.3 Å². The fraction of sp³-hybridized carbons (Fsp3) is 0.133. The van der Waals surface area contributed by atoms with Crippen molar-refractivity contribution < 1.29 is 24.2 Å². The molecule has 0 aliphatic heterocycles. The van der Waals surface area contributed by atoms with Crippen LogP contribution in [0.25, 0.3) is 0 Å². The van der Waals surface area contributed by atoms with Crippen molar-refractivity contribution in [1.82, 2.24) is 0 Å². The Morgan fingerprint density at radius 2 is 1.91 bits per heavy atom. The molecule has 0 N–H and O–H groups in total. The molecule has 0 atom stereocenters. The largest absolute Gasteiger partial charge is 0.496 e. The van der Waals surface area contributed by atoms with Gasteiger partial charge in [0.05, 0.1) is 7.11 Å². The van der Waals surface area contributed by atoms with Gasteiger partial charge in [-0.1, -0.05) is 24.3 Å². The molecule has 0 aromatic heterocycles. The van der Waals surface area contributed by atoms with E-state index < -0.39 is 11.1 Å². The maximum atomic E-state index is 12.1. The lowest BCUT2D eigenvalue weighted by Crippen LogP contribution is -2.10. The number of ether oxygens (including phenoxy) is 2. The van der Waals surface area contributed by atoms with Gasteiger partial charge in [-0.25, -0.2) is 4.79 Å². The molecular formula is C15H13NO6. The van der Waals surface area contributed by atoms with Crippen LogP contribution in [0.4, 0.5) is 0 Å². The Morgan fingerprint density at radius 3 is 2.55 bits per heavy atom. The van der Waals surface area contributed by atoms with Crippen molar-refractivity contribution in [1.29, 1.82) is 0 Å². The minimum Gasteiger partial charge on any atom is -0.496 e. The van der Waals surface area contributed by atoms with Gasteiger partial charge in [0.2, 0.25) is 0 Å². The molecule has 114 valence electrons. The number of methoxy groups -OCH3 is 1. The summed E-state index contributed by atoms with van der Waals surface area (Å²) in [6, 6.07) is 13.1. The highest BCUT2D eigenvalue weighted by atomic mass is 16.9. The van der Waals surface area contributed by atoms with Crippen LogP contribution >= 0.6 is 0 Å². The molecule has 2 rings (SSSR count). The Labute approximate surface area is 126 Å². The van der Waals surface area contributed by atoms with Crippen molar-refractivity contribution in [2.75, 3.05) is 7.11 Å². The van der Waals surface area contributed by atoms with Crippen LogP contribution in [-0.4, -0.2) is 18.2 Å². The molecule has 0 fully saturated rings. The zero-order valence-corrected chi connectivity index (χ0v) is 11.7. The summed E-state index contributed by atoms with van der Waals surface area (Å²) in [5.74, 6) is 0.0884. The number of para-hydroxylation sites is 1. The van der Waals surface area contributed by atoms with Crippen molar-refractivity contribution in [3.63, 3.8) is 0 Å². The molecule has 0 aliphatic rings. The average Bonchev–Trinajstić information content (AvgIpc) is 2.53. The van der Waals surface area contributed by atoms with Gasteiger partial charge in [0.25, 0.3) is 5.09 Å². The first-order chi connectivity index (χ1) is 10.6. The maximum absolute atomic E-state index is 12.1. The first-order valence-corrected chi connectivity index (χ1v) is 6.31. The van der Waals surface area contributed by atoms with E-state index in [-0.39, 0.29) is 17.9 Å². The minimum atomic E-state index is -0.885. The fourth-order valence-electron chi connectivity index (χ4n) is 1.77. The van der Waals surface area contributed by atoms with Crippen LogP contribution in [0.2, 0.25) is 0 Å². The third kappa shape index (κ3) is 3.95. The predicted molar refractivity (Wildman–Crippen MR) is 76.2 cm³/mol. The molecule has 2 aromatic rings. The van der Waals surface area contributed by atoms with E-state index in [2.05, 4.69) is 4.84 Å². The van der Waals surface area contributed by atoms with Crippen LogP contribution < -0.4 is 9.47 Å². The topological polar surface area (TPSA) is 87.9 Å². The highest BCUT2D eigenvalue weighted by Crippen LogP contribution is 2.23. The standard InChI is InChI=1S/C15H13NO6/c1-20-14-9-11(10-21-16(18)19)7-8-13(14)15(17)22-12-5-3-2-4-6-12/h2-9H,10H2,1H3. The van der Waals surface area contributed by atoms with Crippen molar-refractivity contribution in [3.05, 3.63) is 69.8 Å². The van der Waals surface area contributed by atoms with Crippen LogP contribution in [-0.2, 0) is 11.4 Å². The van der Waals surface area contributed by atoms with Gasteiger partial charge >= 0.3 is 5.97 Å². The zero-order chi connectivity index (χ0) is 15.9. The molecule has 7 nitrogen and oxygen atoms in total. The Hall–Kier alpha value is -3.09. The summed E-state index contributed by atoms with van der Waals surface area (Å²) in [7, 11) is 1.40. The second kappa shape index (κ2) is 7.07. The van der Waals surface area contributed by atoms with Crippen LogP contribution in [0, 0.1) is 10.1 Å². The number of carbonyl (C=O) groups is 1. The SMILES string of the molecule is COc1cc(CO[N+](=O)[O-])ccc1C(=O)Oc1ccccc1. The first-order valence-electron chi connectivity index (χ1n) is 6.31. The normalized spacial score (nSPS) is 9.86. The highest BCUT2D eigenvalue weighted by molar-refractivity contribution is 5.94. The smallest absolute Gasteiger partial charge is 0.347 e. The van der Waals surface area contributed by atoms with Gasteiger partial charge < -0.3 is 14.3 Å². The van der Waals surface area contributed by atoms with Gasteiger partial charge in [0, 0.05) is 0 Å². The summed E-state index contributed by atoms with van der Waals surface area (Å²) < 4.78 is 10.3. The molecule has 0 radical (unpaired) electrons. The average molecular weight is 303 g/mol. The minimum absolute atomic E-state index is 0.219. The second-order valence-corrected chi connectivity index (χ2v) is 4.23. The van der Waals surface area contributed by atoms with E-state index in [1.807, 2.05) is 6.07 Å². The first kappa shape index (κ1) is 15.3. The molecule has 7 heteroatoms. The third-order valence-corrected chi connectivity index (χ3v) is 2.78. The lowest BCUT2D eigenvalue weighted by atomic mass is 10.1. The summed E-state index contributed by atoms with van der Waals surface area (Å²) in [5, 5.41) is 9.30. The van der Waals surface area contributed by atoms with Crippen molar-refractivity contribution in [3.8, 4) is 11.5 Å². The Kier molecular flexibility index (Phi) is 4.92. The number of esters is 1. The fourth-order valence-corrected chi connectivity index (χ4v) is 1.77. The summed E-state index contributed by atoms with van der Waals surface area (Å²) in [4.78, 5) is 26.6. The summed E-state index contributed by atoms with van der Waals surface area (Å²) in [6.45, 7) is -0.225. The Bertz CT molecular complexity index is 671. The highest BCUT2D eigenvalue weighted by Gasteiger charge is 2.15. The number of hydrogen-bond acceptors (Lipinski definition) is 6. The monoisotopic (exact) mass is 303 g/mol. The van der Waals surface area contributed by atoms with E-state index in [1.165, 1.54) is 25.3 Å². The predicted octanol–water partition coefficient (Wildman–Crippen LogP) is 2.62. The molecule has 0 bridgehead atoms. The van der Waals surface area contributed by atoms with Crippen LogP contribution in [0.5, 0.6) is 11.5 Å². The van der Waals surface area contributed by atoms with E-state index in [9.17, 15) is 14.9 Å². The van der Waals surface area contributed by atoms with Crippen molar-refractivity contribution >= 4 is 5.97 Å². The second-order valence-electron chi connectivity index (χ2n) is 4.23. The van der Waals surface area contributed by atoms with Gasteiger partial charge in [-0.3, -0.25) is 0 Å². The van der Waals surface area contributed by atoms with Crippen LogP contribution in [0.1, 0.15) is 15.9 Å².